The van der Waals surface area contributed by atoms with Gasteiger partial charge in [0.05, 0.1) is 18.5 Å². The molecule has 1 heterocycles. The summed E-state index contributed by atoms with van der Waals surface area (Å²) < 4.78 is 5.17. The molecule has 0 aliphatic carbocycles. The fourth-order valence-electron chi connectivity index (χ4n) is 5.42. The van der Waals surface area contributed by atoms with Crippen LogP contribution in [0.5, 0.6) is 0 Å². The number of hydrogen-bond acceptors (Lipinski definition) is 9. The molecule has 16 heteroatoms. The lowest BCUT2D eigenvalue weighted by molar-refractivity contribution is -0.145. The SMILES string of the molecule is CC(C)[C@H](NC(=O)CCC(=O)N1CCC(C(=O)O)CC1)C(=O)C[C@@H](CCCNC(N)=O)C(=O)Nc1ccc(COC(=O)NCC(=O)C(C)(C)C)cc1. The number of nitrogens with one attached hydrogen (secondary N) is 4. The van der Waals surface area contributed by atoms with E-state index in [-0.39, 0.29) is 68.8 Å². The van der Waals surface area contributed by atoms with Crippen molar-refractivity contribution >= 4 is 53.1 Å². The maximum absolute atomic E-state index is 13.5. The van der Waals surface area contributed by atoms with E-state index in [0.29, 0.717) is 43.6 Å². The van der Waals surface area contributed by atoms with Gasteiger partial charge in [0.1, 0.15) is 6.61 Å². The normalized spacial score (nSPS) is 14.5. The number of ether oxygens (including phenoxy) is 1. The molecule has 1 aliphatic rings. The van der Waals surface area contributed by atoms with Gasteiger partial charge in [-0.3, -0.25) is 28.8 Å². The van der Waals surface area contributed by atoms with Gasteiger partial charge in [-0.25, -0.2) is 9.59 Å². The number of benzene rings is 1. The predicted molar refractivity (Wildman–Crippen MR) is 191 cm³/mol. The Labute approximate surface area is 304 Å². The van der Waals surface area contributed by atoms with Crippen LogP contribution in [-0.4, -0.2) is 89.6 Å². The van der Waals surface area contributed by atoms with E-state index in [1.54, 1.807) is 63.8 Å². The van der Waals surface area contributed by atoms with Crippen LogP contribution in [0.4, 0.5) is 15.3 Å². The number of carbonyl (C=O) groups excluding carboxylic acids is 7. The fraction of sp³-hybridized carbons (Fsp3) is 0.611. The zero-order chi connectivity index (χ0) is 39.0. The summed E-state index contributed by atoms with van der Waals surface area (Å²) in [6.45, 7) is 9.34. The van der Waals surface area contributed by atoms with Gasteiger partial charge in [-0.05, 0) is 49.3 Å². The summed E-state index contributed by atoms with van der Waals surface area (Å²) in [7, 11) is 0. The van der Waals surface area contributed by atoms with Crippen molar-refractivity contribution in [2.45, 2.75) is 92.2 Å². The first-order valence-electron chi connectivity index (χ1n) is 17.6. The molecule has 0 radical (unpaired) electrons. The highest BCUT2D eigenvalue weighted by atomic mass is 16.5. The first-order valence-corrected chi connectivity index (χ1v) is 17.6. The summed E-state index contributed by atoms with van der Waals surface area (Å²) in [6, 6.07) is 4.87. The molecule has 0 bridgehead atoms. The first kappa shape index (κ1) is 43.1. The summed E-state index contributed by atoms with van der Waals surface area (Å²) in [5.74, 6) is -4.23. The van der Waals surface area contributed by atoms with Crippen molar-refractivity contribution < 1.29 is 48.2 Å². The summed E-state index contributed by atoms with van der Waals surface area (Å²) in [4.78, 5) is 100. The molecular formula is C36H54N6O10. The molecule has 1 aromatic rings. The Hall–Kier alpha value is -5.02. The van der Waals surface area contributed by atoms with Gasteiger partial charge < -0.3 is 41.7 Å². The van der Waals surface area contributed by atoms with Crippen LogP contribution in [0.25, 0.3) is 0 Å². The van der Waals surface area contributed by atoms with E-state index in [4.69, 9.17) is 10.5 Å². The molecule has 1 saturated heterocycles. The van der Waals surface area contributed by atoms with Crippen molar-refractivity contribution in [3.63, 3.8) is 0 Å². The molecule has 1 aromatic carbocycles. The van der Waals surface area contributed by atoms with Gasteiger partial charge in [0, 0.05) is 55.9 Å². The molecule has 288 valence electrons. The molecule has 2 atom stereocenters. The lowest BCUT2D eigenvalue weighted by Crippen LogP contribution is -2.46. The van der Waals surface area contributed by atoms with Crippen molar-refractivity contribution in [3.05, 3.63) is 29.8 Å². The minimum absolute atomic E-state index is 0.0737. The quantitative estimate of drug-likeness (QED) is 0.114. The highest BCUT2D eigenvalue weighted by Gasteiger charge is 2.31. The standard InChI is InChI=1S/C36H54N6O10/c1-22(2)31(41-29(45)12-13-30(46)42-17-14-24(15-18-42)33(48)49)27(43)19-25(7-6-16-38-34(37)50)32(47)40-26-10-8-23(9-11-26)21-52-35(51)39-20-28(44)36(3,4)5/h8-11,22,24-25,31H,6-7,12-21H2,1-5H3,(H,39,51)(H,40,47)(H,41,45)(H,48,49)(H3,37,38,50)/t25-,31+/m1/s1. The van der Waals surface area contributed by atoms with Crippen LogP contribution < -0.4 is 27.0 Å². The van der Waals surface area contributed by atoms with E-state index in [0.717, 1.165) is 0 Å². The number of primary amides is 1. The number of likely N-dealkylation sites (tertiary alicyclic amines) is 1. The van der Waals surface area contributed by atoms with Gasteiger partial charge in [0.25, 0.3) is 0 Å². The maximum atomic E-state index is 13.5. The van der Waals surface area contributed by atoms with Crippen LogP contribution >= 0.6 is 0 Å². The van der Waals surface area contributed by atoms with Gasteiger partial charge in [0.15, 0.2) is 11.6 Å². The number of nitrogens with two attached hydrogens (primary N) is 1. The molecule has 0 spiro atoms. The van der Waals surface area contributed by atoms with Gasteiger partial charge in [0.2, 0.25) is 17.7 Å². The van der Waals surface area contributed by atoms with E-state index in [9.17, 15) is 43.5 Å². The number of nitrogens with zero attached hydrogens (tertiary/aromatic N) is 1. The number of anilines is 1. The molecule has 7 N–H and O–H groups in total. The Kier molecular flexibility index (Phi) is 17.2. The van der Waals surface area contributed by atoms with Crippen LogP contribution in [0.2, 0.25) is 0 Å². The highest BCUT2D eigenvalue weighted by molar-refractivity contribution is 5.97. The molecule has 16 nitrogen and oxygen atoms in total. The molecule has 1 fully saturated rings. The van der Waals surface area contributed by atoms with Gasteiger partial charge in [-0.15, -0.1) is 0 Å². The Morgan fingerprint density at radius 3 is 2.15 bits per heavy atom. The minimum atomic E-state index is -0.920. The van der Waals surface area contributed by atoms with Crippen LogP contribution in [0, 0.1) is 23.2 Å². The fourth-order valence-corrected chi connectivity index (χ4v) is 5.42. The number of rotatable bonds is 19. The topological polar surface area (TPSA) is 243 Å². The Balaban J connectivity index is 1.97. The second-order valence-electron chi connectivity index (χ2n) is 14.4. The zero-order valence-electron chi connectivity index (χ0n) is 30.8. The van der Waals surface area contributed by atoms with E-state index >= 15 is 0 Å². The predicted octanol–water partition coefficient (Wildman–Crippen LogP) is 2.73. The van der Waals surface area contributed by atoms with Gasteiger partial charge in [-0.1, -0.05) is 46.8 Å². The number of Topliss-reactive ketones (excluding diaryl/α,β-unsaturated/α-hetero) is 2. The monoisotopic (exact) mass is 730 g/mol. The average molecular weight is 731 g/mol. The molecule has 52 heavy (non-hydrogen) atoms. The average Bonchev–Trinajstić information content (AvgIpc) is 3.08. The third kappa shape index (κ3) is 15.5. The van der Waals surface area contributed by atoms with Gasteiger partial charge in [-0.2, -0.15) is 0 Å². The number of hydrogen-bond donors (Lipinski definition) is 6. The molecule has 0 aromatic heterocycles. The number of carboxylic acids is 1. The summed E-state index contributed by atoms with van der Waals surface area (Å²) >= 11 is 0. The van der Waals surface area contributed by atoms with Gasteiger partial charge >= 0.3 is 18.1 Å². The zero-order valence-corrected chi connectivity index (χ0v) is 30.8. The van der Waals surface area contributed by atoms with E-state index in [1.807, 2.05) is 0 Å². The molecule has 0 saturated carbocycles. The summed E-state index contributed by atoms with van der Waals surface area (Å²) in [5.41, 5.74) is 5.60. The molecule has 6 amide bonds. The Bertz CT molecular complexity index is 1430. The van der Waals surface area contributed by atoms with E-state index < -0.39 is 53.2 Å². The largest absolute Gasteiger partial charge is 0.481 e. The third-order valence-corrected chi connectivity index (χ3v) is 8.76. The Morgan fingerprint density at radius 1 is 0.962 bits per heavy atom. The number of carboxylic acid groups (broad SMARTS) is 1. The van der Waals surface area contributed by atoms with Crippen molar-refractivity contribution in [3.8, 4) is 0 Å². The summed E-state index contributed by atoms with van der Waals surface area (Å²) in [5, 5.41) is 19.6. The second-order valence-corrected chi connectivity index (χ2v) is 14.4. The first-order chi connectivity index (χ1) is 24.4. The maximum Gasteiger partial charge on any atom is 0.407 e. The lowest BCUT2D eigenvalue weighted by Gasteiger charge is -2.30. The second kappa shape index (κ2) is 20.7. The Morgan fingerprint density at radius 2 is 1.60 bits per heavy atom. The smallest absolute Gasteiger partial charge is 0.407 e. The number of urea groups is 1. The third-order valence-electron chi connectivity index (χ3n) is 8.76. The number of ketones is 2. The number of alkyl carbamates (subject to hydrolysis) is 1. The van der Waals surface area contributed by atoms with Crippen LogP contribution in [0.15, 0.2) is 24.3 Å². The van der Waals surface area contributed by atoms with Crippen molar-refractivity contribution in [1.82, 2.24) is 20.9 Å². The number of carbonyl (C=O) groups is 8. The van der Waals surface area contributed by atoms with Crippen LogP contribution in [0.3, 0.4) is 0 Å². The number of amides is 6. The lowest BCUT2D eigenvalue weighted by atomic mass is 9.89. The molecule has 0 unspecified atom stereocenters. The molecular weight excluding hydrogens is 676 g/mol. The van der Waals surface area contributed by atoms with E-state index in [1.165, 1.54) is 0 Å². The molecule has 1 aliphatic heterocycles. The minimum Gasteiger partial charge on any atom is -0.481 e. The van der Waals surface area contributed by atoms with Crippen LogP contribution in [0.1, 0.15) is 85.1 Å². The number of aliphatic carboxylic acids is 1. The molecule has 2 rings (SSSR count). The summed E-state index contributed by atoms with van der Waals surface area (Å²) in [6.07, 6.45) is 0.0912. The highest BCUT2D eigenvalue weighted by Crippen LogP contribution is 2.21. The van der Waals surface area contributed by atoms with Crippen LogP contribution in [-0.2, 0) is 40.1 Å². The van der Waals surface area contributed by atoms with Crippen molar-refractivity contribution in [1.29, 1.82) is 0 Å². The van der Waals surface area contributed by atoms with Crippen molar-refractivity contribution in [2.75, 3.05) is 31.5 Å². The van der Waals surface area contributed by atoms with Crippen molar-refractivity contribution in [2.24, 2.45) is 28.9 Å². The number of piperidine rings is 1. The van der Waals surface area contributed by atoms with E-state index in [2.05, 4.69) is 21.3 Å².